The van der Waals surface area contributed by atoms with E-state index in [1.807, 2.05) is 22.8 Å². The van der Waals surface area contributed by atoms with Crippen molar-refractivity contribution >= 4 is 28.6 Å². The van der Waals surface area contributed by atoms with E-state index in [0.717, 1.165) is 43.8 Å². The van der Waals surface area contributed by atoms with Gasteiger partial charge in [0.05, 0.1) is 30.3 Å². The molecule has 0 saturated carbocycles. The first-order chi connectivity index (χ1) is 9.67. The molecular formula is C14H19ClN4O. The Morgan fingerprint density at radius 3 is 3.15 bits per heavy atom. The predicted molar refractivity (Wildman–Crippen MR) is 81.0 cm³/mol. The summed E-state index contributed by atoms with van der Waals surface area (Å²) >= 11 is 5.99. The first-order valence-electron chi connectivity index (χ1n) is 6.92. The maximum atomic E-state index is 6.03. The van der Waals surface area contributed by atoms with E-state index in [1.54, 1.807) is 0 Å². The molecule has 2 aromatic rings. The summed E-state index contributed by atoms with van der Waals surface area (Å²) in [4.78, 5) is 6.75. The lowest BCUT2D eigenvalue weighted by molar-refractivity contribution is -0.0335. The molecule has 0 bridgehead atoms. The van der Waals surface area contributed by atoms with Gasteiger partial charge in [-0.15, -0.1) is 0 Å². The zero-order valence-corrected chi connectivity index (χ0v) is 12.3. The number of hydrogen-bond acceptors (Lipinski definition) is 4. The van der Waals surface area contributed by atoms with Gasteiger partial charge in [0.1, 0.15) is 0 Å². The number of morpholine rings is 1. The minimum absolute atomic E-state index is 0.152. The molecule has 6 heteroatoms. The van der Waals surface area contributed by atoms with Gasteiger partial charge in [-0.1, -0.05) is 18.5 Å². The number of nitrogens with two attached hydrogens (primary N) is 1. The fourth-order valence-electron chi connectivity index (χ4n) is 2.70. The standard InChI is InChI=1S/C14H19ClN4O/c1-2-18-5-6-20-11(8-18)9-19-13-4-3-10(15)7-12(13)17-14(19)16/h3-4,7,11H,2,5-6,8-9H2,1H3,(H2,16,17). The number of hydrogen-bond donors (Lipinski definition) is 1. The Kier molecular flexibility index (Phi) is 3.83. The Bertz CT molecular complexity index is 612. The predicted octanol–water partition coefficient (Wildman–Crippen LogP) is 1.99. The van der Waals surface area contributed by atoms with Crippen LogP contribution in [0.2, 0.25) is 5.02 Å². The highest BCUT2D eigenvalue weighted by molar-refractivity contribution is 6.31. The molecule has 5 nitrogen and oxygen atoms in total. The molecule has 20 heavy (non-hydrogen) atoms. The first-order valence-corrected chi connectivity index (χ1v) is 7.30. The van der Waals surface area contributed by atoms with Crippen molar-refractivity contribution in [2.45, 2.75) is 19.6 Å². The zero-order valence-electron chi connectivity index (χ0n) is 11.6. The molecule has 1 aromatic heterocycles. The van der Waals surface area contributed by atoms with Crippen molar-refractivity contribution in [3.05, 3.63) is 23.2 Å². The largest absolute Gasteiger partial charge is 0.374 e. The van der Waals surface area contributed by atoms with Crippen LogP contribution in [0.15, 0.2) is 18.2 Å². The highest BCUT2D eigenvalue weighted by Gasteiger charge is 2.21. The van der Waals surface area contributed by atoms with Gasteiger partial charge in [-0.3, -0.25) is 4.90 Å². The van der Waals surface area contributed by atoms with Crippen LogP contribution >= 0.6 is 11.6 Å². The van der Waals surface area contributed by atoms with Crippen molar-refractivity contribution < 1.29 is 4.74 Å². The number of nitrogens with zero attached hydrogens (tertiary/aromatic N) is 3. The topological polar surface area (TPSA) is 56.3 Å². The molecule has 0 spiro atoms. The SMILES string of the molecule is CCN1CCOC(Cn2c(N)nc3cc(Cl)ccc32)C1. The summed E-state index contributed by atoms with van der Waals surface area (Å²) in [5.74, 6) is 0.513. The van der Waals surface area contributed by atoms with Gasteiger partial charge in [0.25, 0.3) is 0 Å². The van der Waals surface area contributed by atoms with E-state index in [1.165, 1.54) is 0 Å². The molecule has 1 aliphatic heterocycles. The number of ether oxygens (including phenoxy) is 1. The van der Waals surface area contributed by atoms with Gasteiger partial charge < -0.3 is 15.0 Å². The van der Waals surface area contributed by atoms with Crippen molar-refractivity contribution in [3.8, 4) is 0 Å². The van der Waals surface area contributed by atoms with Crippen LogP contribution < -0.4 is 5.73 Å². The molecule has 0 amide bonds. The zero-order chi connectivity index (χ0) is 14.1. The van der Waals surface area contributed by atoms with Crippen molar-refractivity contribution in [2.75, 3.05) is 32.0 Å². The smallest absolute Gasteiger partial charge is 0.201 e. The Hall–Kier alpha value is -1.30. The summed E-state index contributed by atoms with van der Waals surface area (Å²) in [7, 11) is 0. The molecule has 1 saturated heterocycles. The second-order valence-electron chi connectivity index (χ2n) is 5.10. The number of aromatic nitrogens is 2. The van der Waals surface area contributed by atoms with Crippen LogP contribution in [0.5, 0.6) is 0 Å². The van der Waals surface area contributed by atoms with E-state index in [2.05, 4.69) is 16.8 Å². The molecular weight excluding hydrogens is 276 g/mol. The highest BCUT2D eigenvalue weighted by atomic mass is 35.5. The number of nitrogen functional groups attached to an aromatic ring is 1. The number of halogens is 1. The number of benzene rings is 1. The summed E-state index contributed by atoms with van der Waals surface area (Å²) in [6, 6.07) is 5.66. The minimum Gasteiger partial charge on any atom is -0.374 e. The second-order valence-corrected chi connectivity index (χ2v) is 5.54. The van der Waals surface area contributed by atoms with E-state index in [0.29, 0.717) is 11.0 Å². The lowest BCUT2D eigenvalue weighted by atomic mass is 10.2. The monoisotopic (exact) mass is 294 g/mol. The quantitative estimate of drug-likeness (QED) is 0.940. The highest BCUT2D eigenvalue weighted by Crippen LogP contribution is 2.22. The molecule has 0 radical (unpaired) electrons. The maximum Gasteiger partial charge on any atom is 0.201 e. The fraction of sp³-hybridized carbons (Fsp3) is 0.500. The van der Waals surface area contributed by atoms with Crippen molar-refractivity contribution in [1.29, 1.82) is 0 Å². The molecule has 2 N–H and O–H groups in total. The number of imidazole rings is 1. The van der Waals surface area contributed by atoms with Gasteiger partial charge in [0.2, 0.25) is 5.95 Å². The number of fused-ring (bicyclic) bond motifs is 1. The third-order valence-corrected chi connectivity index (χ3v) is 4.03. The lowest BCUT2D eigenvalue weighted by Crippen LogP contribution is -2.44. The number of anilines is 1. The van der Waals surface area contributed by atoms with Gasteiger partial charge in [-0.2, -0.15) is 0 Å². The average molecular weight is 295 g/mol. The lowest BCUT2D eigenvalue weighted by Gasteiger charge is -2.32. The van der Waals surface area contributed by atoms with Crippen LogP contribution in [-0.2, 0) is 11.3 Å². The first kappa shape index (κ1) is 13.7. The third-order valence-electron chi connectivity index (χ3n) is 3.80. The molecule has 1 aromatic carbocycles. The number of likely N-dealkylation sites (N-methyl/N-ethyl adjacent to an activating group) is 1. The summed E-state index contributed by atoms with van der Waals surface area (Å²) in [6.45, 7) is 6.66. The van der Waals surface area contributed by atoms with Gasteiger partial charge in [-0.05, 0) is 24.7 Å². The Morgan fingerprint density at radius 1 is 1.50 bits per heavy atom. The maximum absolute atomic E-state index is 6.03. The van der Waals surface area contributed by atoms with Crippen LogP contribution in [0.4, 0.5) is 5.95 Å². The van der Waals surface area contributed by atoms with Crippen molar-refractivity contribution in [2.24, 2.45) is 0 Å². The Balaban J connectivity index is 1.85. The van der Waals surface area contributed by atoms with Crippen molar-refractivity contribution in [1.82, 2.24) is 14.5 Å². The Labute approximate surface area is 123 Å². The molecule has 0 aliphatic carbocycles. The number of rotatable bonds is 3. The molecule has 108 valence electrons. The minimum atomic E-state index is 0.152. The molecule has 2 heterocycles. The van der Waals surface area contributed by atoms with Gasteiger partial charge >= 0.3 is 0 Å². The molecule has 1 aliphatic rings. The van der Waals surface area contributed by atoms with E-state index in [-0.39, 0.29) is 6.10 Å². The third kappa shape index (κ3) is 2.61. The van der Waals surface area contributed by atoms with Crippen LogP contribution in [-0.4, -0.2) is 46.8 Å². The molecule has 1 unspecified atom stereocenters. The van der Waals surface area contributed by atoms with E-state index in [4.69, 9.17) is 22.1 Å². The van der Waals surface area contributed by atoms with Crippen molar-refractivity contribution in [3.63, 3.8) is 0 Å². The second kappa shape index (κ2) is 5.60. The van der Waals surface area contributed by atoms with Gasteiger partial charge in [0.15, 0.2) is 0 Å². The fourth-order valence-corrected chi connectivity index (χ4v) is 2.86. The van der Waals surface area contributed by atoms with Crippen LogP contribution in [0.25, 0.3) is 11.0 Å². The normalized spacial score (nSPS) is 20.6. The van der Waals surface area contributed by atoms with Gasteiger partial charge in [-0.25, -0.2) is 4.98 Å². The molecule has 3 rings (SSSR count). The van der Waals surface area contributed by atoms with Gasteiger partial charge in [0, 0.05) is 18.1 Å². The summed E-state index contributed by atoms with van der Waals surface area (Å²) in [5, 5.41) is 0.674. The van der Waals surface area contributed by atoms with E-state index >= 15 is 0 Å². The van der Waals surface area contributed by atoms with E-state index < -0.39 is 0 Å². The molecule has 1 fully saturated rings. The summed E-state index contributed by atoms with van der Waals surface area (Å²) in [5.41, 5.74) is 7.86. The van der Waals surface area contributed by atoms with Crippen LogP contribution in [0.1, 0.15) is 6.92 Å². The van der Waals surface area contributed by atoms with Crippen LogP contribution in [0.3, 0.4) is 0 Å². The average Bonchev–Trinajstić information content (AvgIpc) is 2.74. The molecule has 1 atom stereocenters. The van der Waals surface area contributed by atoms with Crippen LogP contribution in [0, 0.1) is 0 Å². The Morgan fingerprint density at radius 2 is 2.35 bits per heavy atom. The summed E-state index contributed by atoms with van der Waals surface area (Å²) < 4.78 is 7.85. The van der Waals surface area contributed by atoms with E-state index in [9.17, 15) is 0 Å². The summed E-state index contributed by atoms with van der Waals surface area (Å²) in [6.07, 6.45) is 0.152.